The highest BCUT2D eigenvalue weighted by Crippen LogP contribution is 2.43. The van der Waals surface area contributed by atoms with Crippen LogP contribution in [0.25, 0.3) is 11.1 Å². The van der Waals surface area contributed by atoms with Crippen LogP contribution in [0.15, 0.2) is 104 Å². The number of allylic oxidation sites excluding steroid dienone is 3. The molecule has 0 saturated heterocycles. The molecule has 2 aromatic carbocycles. The van der Waals surface area contributed by atoms with E-state index < -0.39 is 53.0 Å². The van der Waals surface area contributed by atoms with Crippen LogP contribution in [0.4, 0.5) is 30.7 Å². The van der Waals surface area contributed by atoms with Gasteiger partial charge in [-0.1, -0.05) is 76.8 Å². The fourth-order valence-corrected chi connectivity index (χ4v) is 3.33. The molecule has 0 bridgehead atoms. The van der Waals surface area contributed by atoms with E-state index in [2.05, 4.69) is 35.1 Å². The number of nitrogens with two attached hydrogens (primary N) is 1. The van der Waals surface area contributed by atoms with Gasteiger partial charge >= 0.3 is 6.18 Å². The molecule has 44 heavy (non-hydrogen) atoms. The highest BCUT2D eigenvalue weighted by Gasteiger charge is 2.44. The monoisotopic (exact) mass is 626 g/mol. The number of nitrogens with zero attached hydrogens (tertiary/aromatic N) is 2. The Hall–Kier alpha value is -4.25. The van der Waals surface area contributed by atoms with Crippen molar-refractivity contribution in [1.82, 2.24) is 10.4 Å². The van der Waals surface area contributed by atoms with Crippen molar-refractivity contribution in [2.75, 3.05) is 6.54 Å². The Bertz CT molecular complexity index is 1250. The molecule has 1 atom stereocenters. The lowest BCUT2D eigenvalue weighted by Crippen LogP contribution is -2.29. The number of hydrogen-bond acceptors (Lipinski definition) is 3. The van der Waals surface area contributed by atoms with Crippen LogP contribution in [0.2, 0.25) is 0 Å². The largest absolute Gasteiger partial charge is 0.416 e. The molecule has 0 fully saturated rings. The number of pyridine rings is 1. The van der Waals surface area contributed by atoms with Gasteiger partial charge in [0.05, 0.1) is 24.4 Å². The standard InChI is InChI=1S/C22H17F7N4.C5H8.2C2H6.C2H4/c23-16-6-7-17(19(24)9-16)18(11-31-12-33-30)21(25,26)20-8-3-14(10-32-20)13-1-4-15(5-2-13)22(27,28)29;1-3-5-4-2;3*1-2/h1-10,12,18H,11,30H2,(H,31,33);3-5H,1H2,2H3;2*1-2H3;1-2H2/b;5-4-;;;/t18-;;;;/m0..../s1. The molecular weight excluding hydrogens is 585 g/mol. The third kappa shape index (κ3) is 13.4. The van der Waals surface area contributed by atoms with Gasteiger partial charge in [-0.3, -0.25) is 9.98 Å². The van der Waals surface area contributed by atoms with E-state index in [-0.39, 0.29) is 0 Å². The van der Waals surface area contributed by atoms with E-state index in [9.17, 15) is 22.0 Å². The van der Waals surface area contributed by atoms with Crippen LogP contribution in [-0.4, -0.2) is 17.9 Å². The minimum Gasteiger partial charge on any atom is -0.315 e. The zero-order chi connectivity index (χ0) is 34.3. The smallest absolute Gasteiger partial charge is 0.315 e. The summed E-state index contributed by atoms with van der Waals surface area (Å²) >= 11 is 0. The first-order chi connectivity index (χ1) is 20.9. The van der Waals surface area contributed by atoms with Crippen molar-refractivity contribution < 1.29 is 30.7 Å². The van der Waals surface area contributed by atoms with Crippen LogP contribution >= 0.6 is 0 Å². The molecule has 3 N–H and O–H groups in total. The number of nitrogens with one attached hydrogen (secondary N) is 1. The molecule has 0 spiro atoms. The average Bonchev–Trinajstić information content (AvgIpc) is 3.03. The van der Waals surface area contributed by atoms with Gasteiger partial charge in [0.15, 0.2) is 0 Å². The Kier molecular flexibility index (Phi) is 21.2. The van der Waals surface area contributed by atoms with Crippen LogP contribution in [0, 0.1) is 11.6 Å². The van der Waals surface area contributed by atoms with Gasteiger partial charge in [-0.25, -0.2) is 14.6 Å². The second-order valence-electron chi connectivity index (χ2n) is 7.77. The van der Waals surface area contributed by atoms with Gasteiger partial charge in [0.1, 0.15) is 17.3 Å². The number of aliphatic imine (C=N–C) groups is 1. The summed E-state index contributed by atoms with van der Waals surface area (Å²) in [5, 5.41) is 0. The molecule has 3 rings (SSSR count). The lowest BCUT2D eigenvalue weighted by atomic mass is 9.89. The van der Waals surface area contributed by atoms with Crippen molar-refractivity contribution in [2.24, 2.45) is 10.8 Å². The Morgan fingerprint density at radius 1 is 0.909 bits per heavy atom. The number of rotatable bonds is 8. The molecule has 1 aromatic heterocycles. The molecular formula is C33H41F7N4. The minimum absolute atomic E-state index is 0.304. The van der Waals surface area contributed by atoms with Crippen LogP contribution in [0.5, 0.6) is 0 Å². The molecule has 0 aliphatic rings. The second-order valence-corrected chi connectivity index (χ2v) is 7.77. The second kappa shape index (κ2) is 22.3. The van der Waals surface area contributed by atoms with Crippen molar-refractivity contribution >= 4 is 6.34 Å². The van der Waals surface area contributed by atoms with E-state index in [1.54, 1.807) is 6.08 Å². The number of alkyl halides is 5. The Morgan fingerprint density at radius 2 is 1.48 bits per heavy atom. The van der Waals surface area contributed by atoms with Crippen molar-refractivity contribution in [3.8, 4) is 11.1 Å². The fraction of sp³-hybridized carbons (Fsp3) is 0.273. The molecule has 0 amide bonds. The SMILES string of the molecule is C=C.C=C/C=C\C.CC.CC.NNC=NC[C@@H](c1ccc(F)cc1F)C(F)(F)c1ccc(-c2ccc(C(F)(F)F)cc2)cn1. The minimum atomic E-state index is -4.50. The lowest BCUT2D eigenvalue weighted by Gasteiger charge is -2.26. The van der Waals surface area contributed by atoms with Crippen molar-refractivity contribution in [3.63, 3.8) is 0 Å². The summed E-state index contributed by atoms with van der Waals surface area (Å²) in [5.41, 5.74) is 0.658. The fourth-order valence-electron chi connectivity index (χ4n) is 3.33. The van der Waals surface area contributed by atoms with Crippen molar-refractivity contribution in [2.45, 2.75) is 52.6 Å². The Labute approximate surface area is 255 Å². The predicted octanol–water partition coefficient (Wildman–Crippen LogP) is 10.0. The summed E-state index contributed by atoms with van der Waals surface area (Å²) in [6.45, 7) is 18.8. The summed E-state index contributed by atoms with van der Waals surface area (Å²) in [6.07, 6.45) is 3.10. The topological polar surface area (TPSA) is 63.3 Å². The number of hydrogen-bond donors (Lipinski definition) is 2. The molecule has 0 radical (unpaired) electrons. The molecule has 242 valence electrons. The molecule has 11 heteroatoms. The van der Waals surface area contributed by atoms with E-state index in [1.165, 1.54) is 18.2 Å². The van der Waals surface area contributed by atoms with Gasteiger partial charge < -0.3 is 5.43 Å². The maximum Gasteiger partial charge on any atom is 0.416 e. The molecule has 0 saturated carbocycles. The normalized spacial score (nSPS) is 11.4. The number of benzene rings is 2. The predicted molar refractivity (Wildman–Crippen MR) is 167 cm³/mol. The maximum atomic E-state index is 15.4. The summed E-state index contributed by atoms with van der Waals surface area (Å²) in [7, 11) is 0. The highest BCUT2D eigenvalue weighted by molar-refractivity contribution is 5.63. The summed E-state index contributed by atoms with van der Waals surface area (Å²) in [5.74, 6) is -2.63. The first-order valence-corrected chi connectivity index (χ1v) is 13.6. The number of hydrazine groups is 1. The Morgan fingerprint density at radius 3 is 1.89 bits per heavy atom. The van der Waals surface area contributed by atoms with E-state index in [0.29, 0.717) is 17.2 Å². The lowest BCUT2D eigenvalue weighted by molar-refractivity contribution is -0.137. The van der Waals surface area contributed by atoms with Crippen LogP contribution < -0.4 is 11.3 Å². The van der Waals surface area contributed by atoms with Gasteiger partial charge in [0.2, 0.25) is 0 Å². The van der Waals surface area contributed by atoms with Gasteiger partial charge in [0.25, 0.3) is 5.92 Å². The summed E-state index contributed by atoms with van der Waals surface area (Å²) < 4.78 is 96.4. The molecule has 0 unspecified atom stereocenters. The quantitative estimate of drug-likeness (QED) is 0.0498. The van der Waals surface area contributed by atoms with E-state index in [1.807, 2.05) is 46.8 Å². The van der Waals surface area contributed by atoms with Gasteiger partial charge in [0, 0.05) is 17.8 Å². The van der Waals surface area contributed by atoms with Crippen molar-refractivity contribution in [1.29, 1.82) is 0 Å². The van der Waals surface area contributed by atoms with E-state index in [0.717, 1.165) is 42.9 Å². The van der Waals surface area contributed by atoms with E-state index >= 15 is 8.78 Å². The van der Waals surface area contributed by atoms with Crippen molar-refractivity contribution in [3.05, 3.63) is 127 Å². The Balaban J connectivity index is 0. The van der Waals surface area contributed by atoms with Gasteiger partial charge in [-0.15, -0.1) is 13.2 Å². The van der Waals surface area contributed by atoms with Crippen LogP contribution in [0.1, 0.15) is 57.4 Å². The third-order valence-corrected chi connectivity index (χ3v) is 5.21. The third-order valence-electron chi connectivity index (χ3n) is 5.21. The molecule has 1 heterocycles. The van der Waals surface area contributed by atoms with Gasteiger partial charge in [-0.2, -0.15) is 22.0 Å². The molecule has 0 aliphatic carbocycles. The zero-order valence-corrected chi connectivity index (χ0v) is 25.6. The van der Waals surface area contributed by atoms with Gasteiger partial charge in [-0.05, 0) is 42.3 Å². The van der Waals surface area contributed by atoms with E-state index in [4.69, 9.17) is 5.84 Å². The summed E-state index contributed by atoms with van der Waals surface area (Å²) in [6, 6.07) is 8.65. The van der Waals surface area contributed by atoms with Crippen LogP contribution in [-0.2, 0) is 12.1 Å². The zero-order valence-electron chi connectivity index (χ0n) is 25.6. The first kappa shape index (κ1) is 41.9. The highest BCUT2D eigenvalue weighted by atomic mass is 19.4. The average molecular weight is 627 g/mol. The van der Waals surface area contributed by atoms with Crippen LogP contribution in [0.3, 0.4) is 0 Å². The summed E-state index contributed by atoms with van der Waals surface area (Å²) in [4.78, 5) is 7.45. The maximum absolute atomic E-state index is 15.4. The first-order valence-electron chi connectivity index (χ1n) is 13.6. The number of aromatic nitrogens is 1. The number of halogens is 7. The molecule has 0 aliphatic heterocycles. The molecule has 4 nitrogen and oxygen atoms in total. The molecule has 3 aromatic rings.